The normalized spacial score (nSPS) is 18.5. The lowest BCUT2D eigenvalue weighted by Crippen LogP contribution is -2.34. The third-order valence-corrected chi connectivity index (χ3v) is 1.01. The first-order valence-corrected chi connectivity index (χ1v) is 2.87. The van der Waals surface area contributed by atoms with Gasteiger partial charge in [-0.15, -0.1) is 13.2 Å². The Kier molecular flexibility index (Phi) is 3.18. The molecule has 0 aromatic heterocycles. The van der Waals surface area contributed by atoms with Crippen LogP contribution in [0.25, 0.3) is 0 Å². The molecule has 0 rings (SSSR count). The highest BCUT2D eigenvalue weighted by Gasteiger charge is 2.49. The number of halogens is 7. The van der Waals surface area contributed by atoms with Crippen molar-refractivity contribution in [2.24, 2.45) is 0 Å². The molecule has 0 amide bonds. The van der Waals surface area contributed by atoms with Crippen molar-refractivity contribution in [3.8, 4) is 0 Å². The van der Waals surface area contributed by atoms with Gasteiger partial charge < -0.3 is 0 Å². The fraction of sp³-hybridized carbons (Fsp3) is 1.00. The average molecular weight is 247 g/mol. The molecule has 8 heteroatoms. The molecule has 0 radical (unpaired) electrons. The Labute approximate surface area is 65.4 Å². The number of rotatable bonds is 2. The Morgan fingerprint density at radius 2 is 1.45 bits per heavy atom. The van der Waals surface area contributed by atoms with E-state index in [-0.39, 0.29) is 0 Å². The Bertz CT molecular complexity index is 130. The number of hydrogen-bond donors (Lipinski definition) is 0. The van der Waals surface area contributed by atoms with Crippen LogP contribution in [0.2, 0.25) is 0 Å². The molecule has 0 aliphatic carbocycles. The summed E-state index contributed by atoms with van der Waals surface area (Å²) in [6.07, 6.45) is -9.35. The first kappa shape index (κ1) is 11.0. The Morgan fingerprint density at radius 3 is 1.55 bits per heavy atom. The maximum atomic E-state index is 11.9. The molecule has 0 N–H and O–H groups in total. The molecule has 11 heavy (non-hydrogen) atoms. The highest BCUT2D eigenvalue weighted by Crippen LogP contribution is 2.35. The SMILES string of the molecule is FC(F)[C@@](F)(Br)OC(F)(F)F. The van der Waals surface area contributed by atoms with Gasteiger partial charge in [0.1, 0.15) is 0 Å². The molecule has 0 unspecified atom stereocenters. The van der Waals surface area contributed by atoms with Gasteiger partial charge in [0.15, 0.2) is 0 Å². The van der Waals surface area contributed by atoms with Crippen molar-refractivity contribution < 1.29 is 31.1 Å². The summed E-state index contributed by atoms with van der Waals surface area (Å²) in [7, 11) is 0. The molecule has 0 spiro atoms. The van der Waals surface area contributed by atoms with Crippen LogP contribution in [0.4, 0.5) is 26.3 Å². The van der Waals surface area contributed by atoms with Gasteiger partial charge in [-0.3, -0.25) is 0 Å². The summed E-state index contributed by atoms with van der Waals surface area (Å²) in [5.41, 5.74) is 0. The molecule has 0 aliphatic rings. The average Bonchev–Trinajstić information content (AvgIpc) is 1.56. The largest absolute Gasteiger partial charge is 0.526 e. The molecule has 0 saturated carbocycles. The fourth-order valence-electron chi connectivity index (χ4n) is 0.199. The maximum Gasteiger partial charge on any atom is 0.526 e. The van der Waals surface area contributed by atoms with Gasteiger partial charge in [0.05, 0.1) is 0 Å². The smallest absolute Gasteiger partial charge is 0.239 e. The molecule has 1 nitrogen and oxygen atoms in total. The fourth-order valence-corrected chi connectivity index (χ4v) is 0.382. The van der Waals surface area contributed by atoms with E-state index in [4.69, 9.17) is 0 Å². The minimum atomic E-state index is -5.44. The zero-order valence-corrected chi connectivity index (χ0v) is 6.22. The molecular weight excluding hydrogens is 246 g/mol. The van der Waals surface area contributed by atoms with Gasteiger partial charge in [-0.2, -0.15) is 4.39 Å². The third kappa shape index (κ3) is 4.46. The van der Waals surface area contributed by atoms with Crippen molar-refractivity contribution in [3.05, 3.63) is 0 Å². The quantitative estimate of drug-likeness (QED) is 0.538. The van der Waals surface area contributed by atoms with E-state index in [1.165, 1.54) is 15.9 Å². The Hall–Kier alpha value is 0.0200. The minimum Gasteiger partial charge on any atom is -0.239 e. The van der Waals surface area contributed by atoms with Crippen LogP contribution in [0.1, 0.15) is 0 Å². The molecule has 1 atom stereocenters. The van der Waals surface area contributed by atoms with Gasteiger partial charge in [0, 0.05) is 0 Å². The third-order valence-electron chi connectivity index (χ3n) is 0.506. The van der Waals surface area contributed by atoms with Crippen LogP contribution >= 0.6 is 15.9 Å². The summed E-state index contributed by atoms with van der Waals surface area (Å²) in [5.74, 6) is 0. The van der Waals surface area contributed by atoms with Gasteiger partial charge in [0.2, 0.25) is 0 Å². The lowest BCUT2D eigenvalue weighted by molar-refractivity contribution is -0.382. The van der Waals surface area contributed by atoms with Crippen LogP contribution < -0.4 is 0 Å². The molecule has 0 heterocycles. The number of alkyl halides is 7. The van der Waals surface area contributed by atoms with Crippen LogP contribution in [0.5, 0.6) is 0 Å². The standard InChI is InChI=1S/C3HBrF6O/c4-2(7,1(5)6)11-3(8,9)10/h1H/t2-/m0/s1. The van der Waals surface area contributed by atoms with Crippen LogP contribution in [0.15, 0.2) is 0 Å². The van der Waals surface area contributed by atoms with E-state index in [1.807, 2.05) is 0 Å². The highest BCUT2D eigenvalue weighted by atomic mass is 79.9. The second-order valence-electron chi connectivity index (χ2n) is 1.41. The zero-order valence-electron chi connectivity index (χ0n) is 4.63. The molecule has 0 fully saturated rings. The molecule has 0 aromatic carbocycles. The predicted molar refractivity (Wildman–Crippen MR) is 25.9 cm³/mol. The molecular formula is C3HBrF6O. The molecule has 0 saturated heterocycles. The Balaban J connectivity index is 4.13. The maximum absolute atomic E-state index is 11.9. The van der Waals surface area contributed by atoms with Crippen molar-refractivity contribution in [2.75, 3.05) is 0 Å². The molecule has 68 valence electrons. The summed E-state index contributed by atoms with van der Waals surface area (Å²) < 4.78 is 66.0. The van der Waals surface area contributed by atoms with E-state index in [2.05, 4.69) is 4.74 Å². The number of ether oxygens (including phenoxy) is 1. The van der Waals surface area contributed by atoms with E-state index in [0.717, 1.165) is 0 Å². The molecule has 0 aliphatic heterocycles. The number of hydrogen-bond acceptors (Lipinski definition) is 1. The summed E-state index contributed by atoms with van der Waals surface area (Å²) in [5, 5.41) is 0. The first-order valence-electron chi connectivity index (χ1n) is 2.08. The summed E-state index contributed by atoms with van der Waals surface area (Å²) in [4.78, 5) is 0. The van der Waals surface area contributed by atoms with E-state index in [0.29, 0.717) is 0 Å². The summed E-state index contributed by atoms with van der Waals surface area (Å²) in [6, 6.07) is 0. The van der Waals surface area contributed by atoms with Gasteiger partial charge in [0.25, 0.3) is 0 Å². The van der Waals surface area contributed by atoms with Crippen molar-refractivity contribution in [2.45, 2.75) is 17.6 Å². The predicted octanol–water partition coefficient (Wildman–Crippen LogP) is 2.81. The van der Waals surface area contributed by atoms with E-state index >= 15 is 0 Å². The first-order chi connectivity index (χ1) is 4.65. The van der Waals surface area contributed by atoms with E-state index in [1.54, 1.807) is 0 Å². The topological polar surface area (TPSA) is 9.23 Å². The summed E-state index contributed by atoms with van der Waals surface area (Å²) in [6.45, 7) is 0. The highest BCUT2D eigenvalue weighted by molar-refractivity contribution is 9.10. The second-order valence-corrected chi connectivity index (χ2v) is 2.49. The summed E-state index contributed by atoms with van der Waals surface area (Å²) >= 11 is 1.42. The monoisotopic (exact) mass is 246 g/mol. The van der Waals surface area contributed by atoms with E-state index in [9.17, 15) is 26.3 Å². The lowest BCUT2D eigenvalue weighted by Gasteiger charge is -2.18. The van der Waals surface area contributed by atoms with Crippen LogP contribution in [0.3, 0.4) is 0 Å². The van der Waals surface area contributed by atoms with Gasteiger partial charge in [-0.1, -0.05) is 0 Å². The van der Waals surface area contributed by atoms with Crippen molar-refractivity contribution in [3.63, 3.8) is 0 Å². The van der Waals surface area contributed by atoms with Crippen molar-refractivity contribution in [1.29, 1.82) is 0 Å². The van der Waals surface area contributed by atoms with Crippen LogP contribution in [0, 0.1) is 0 Å². The van der Waals surface area contributed by atoms with Crippen molar-refractivity contribution >= 4 is 15.9 Å². The molecule has 0 bridgehead atoms. The van der Waals surface area contributed by atoms with E-state index < -0.39 is 17.6 Å². The second kappa shape index (κ2) is 3.18. The van der Waals surface area contributed by atoms with Gasteiger partial charge in [-0.25, -0.2) is 13.5 Å². The van der Waals surface area contributed by atoms with Gasteiger partial charge in [-0.05, 0) is 15.9 Å². The Morgan fingerprint density at radius 1 is 1.09 bits per heavy atom. The molecule has 0 aromatic rings. The van der Waals surface area contributed by atoms with Crippen molar-refractivity contribution in [1.82, 2.24) is 0 Å². The lowest BCUT2D eigenvalue weighted by atomic mass is 10.7. The zero-order chi connectivity index (χ0) is 9.28. The van der Waals surface area contributed by atoms with Gasteiger partial charge >= 0.3 is 17.6 Å². The van der Waals surface area contributed by atoms with Crippen LogP contribution in [-0.2, 0) is 4.74 Å². The minimum absolute atomic E-state index is 1.42. The van der Waals surface area contributed by atoms with Crippen LogP contribution in [-0.4, -0.2) is 17.6 Å².